The van der Waals surface area contributed by atoms with Crippen molar-refractivity contribution in [1.29, 1.82) is 5.53 Å². The van der Waals surface area contributed by atoms with E-state index >= 15 is 0 Å². The maximum Gasteiger partial charge on any atom is 0.0871 e. The Hall–Kier alpha value is 1.01. The van der Waals surface area contributed by atoms with Crippen molar-refractivity contribution in [2.75, 3.05) is 0 Å². The molecule has 5 heteroatoms. The molecule has 1 rings (SSSR count). The van der Waals surface area contributed by atoms with E-state index in [-0.39, 0.29) is 0 Å². The Morgan fingerprint density at radius 1 is 1.09 bits per heavy atom. The van der Waals surface area contributed by atoms with Crippen LogP contribution in [0.25, 0.3) is 0 Å². The Bertz CT molecular complexity index is 275. The fourth-order valence-electron chi connectivity index (χ4n) is 0.607. The van der Waals surface area contributed by atoms with Crippen molar-refractivity contribution in [2.24, 2.45) is 5.11 Å². The lowest BCUT2D eigenvalue weighted by molar-refractivity contribution is 1.14. The third kappa shape index (κ3) is 2.47. The molecular weight excluding hydrogens is 481 g/mol. The molecule has 0 saturated carbocycles. The van der Waals surface area contributed by atoms with E-state index in [4.69, 9.17) is 5.53 Å². The van der Waals surface area contributed by atoms with Crippen LogP contribution in [0.3, 0.4) is 0 Å². The molecule has 0 aliphatic rings. The predicted molar refractivity (Wildman–Crippen MR) is 69.4 cm³/mol. The fourth-order valence-corrected chi connectivity index (χ4v) is 2.65. The number of hydrogen-bond donors (Lipinski definition) is 1. The van der Waals surface area contributed by atoms with Gasteiger partial charge >= 0.3 is 0 Å². The van der Waals surface area contributed by atoms with Crippen molar-refractivity contribution in [1.82, 2.24) is 0 Å². The van der Waals surface area contributed by atoms with Gasteiger partial charge < -0.3 is 0 Å². The molecule has 1 aromatic carbocycles. The number of halogens is 3. The molecule has 2 nitrogen and oxygen atoms in total. The van der Waals surface area contributed by atoms with E-state index in [1.165, 1.54) is 3.57 Å². The van der Waals surface area contributed by atoms with Crippen LogP contribution in [0, 0.1) is 16.2 Å². The van der Waals surface area contributed by atoms with Crippen molar-refractivity contribution >= 4 is 73.5 Å². The third-order valence-corrected chi connectivity index (χ3v) is 6.03. The Morgan fingerprint density at radius 3 is 1.91 bits per heavy atom. The molecule has 1 N–H and O–H groups in total. The Kier molecular flexibility index (Phi) is 3.95. The first kappa shape index (κ1) is 10.1. The average Bonchev–Trinajstić information content (AvgIpc) is 1.99. The van der Waals surface area contributed by atoms with Gasteiger partial charge in [-0.3, -0.25) is 0 Å². The van der Waals surface area contributed by atoms with Crippen molar-refractivity contribution in [3.63, 3.8) is 0 Å². The molecule has 58 valence electrons. The van der Waals surface area contributed by atoms with E-state index in [0.29, 0.717) is 0 Å². The summed E-state index contributed by atoms with van der Waals surface area (Å²) in [7, 11) is 0. The molecule has 1 aromatic rings. The van der Waals surface area contributed by atoms with Crippen LogP contribution in [0.2, 0.25) is 0 Å². The predicted octanol–water partition coefficient (Wildman–Crippen LogP) is 4.16. The van der Waals surface area contributed by atoms with Gasteiger partial charge in [0.2, 0.25) is 0 Å². The Morgan fingerprint density at radius 2 is 1.55 bits per heavy atom. The van der Waals surface area contributed by atoms with E-state index in [9.17, 15) is 0 Å². The Labute approximate surface area is 105 Å². The van der Waals surface area contributed by atoms with Crippen LogP contribution in [-0.2, 0) is 0 Å². The maximum atomic E-state index is 6.82. The summed E-state index contributed by atoms with van der Waals surface area (Å²) in [5.41, 5.74) is 7.54. The molecule has 0 aliphatic heterocycles. The van der Waals surface area contributed by atoms with E-state index in [2.05, 4.69) is 72.9 Å². The van der Waals surface area contributed by atoms with Crippen molar-refractivity contribution in [3.05, 3.63) is 22.8 Å². The normalized spacial score (nSPS) is 9.73. The monoisotopic (exact) mass is 484 g/mol. The lowest BCUT2D eigenvalue weighted by Gasteiger charge is -1.99. The molecule has 0 radical (unpaired) electrons. The second-order valence-corrected chi connectivity index (χ2v) is 5.24. The molecule has 0 heterocycles. The number of benzene rings is 1. The van der Waals surface area contributed by atoms with Crippen LogP contribution in [0.15, 0.2) is 17.2 Å². The summed E-state index contributed by atoms with van der Waals surface area (Å²) in [6, 6.07) is 3.80. The fraction of sp³-hybridized carbons (Fsp3) is 0. The van der Waals surface area contributed by atoms with Gasteiger partial charge in [-0.2, -0.15) is 5.11 Å². The van der Waals surface area contributed by atoms with Crippen molar-refractivity contribution < 1.29 is 0 Å². The zero-order chi connectivity index (χ0) is 8.43. The minimum atomic E-state index is 0.721. The zero-order valence-electron chi connectivity index (χ0n) is 5.24. The van der Waals surface area contributed by atoms with Crippen LogP contribution in [0.5, 0.6) is 0 Å². The van der Waals surface area contributed by atoms with Gasteiger partial charge in [0.05, 0.1) is 5.69 Å². The van der Waals surface area contributed by atoms with Crippen LogP contribution in [0.1, 0.15) is 0 Å². The molecule has 11 heavy (non-hydrogen) atoms. The first-order chi connectivity index (χ1) is 5.15. The summed E-state index contributed by atoms with van der Waals surface area (Å²) in [4.78, 5) is 0. The van der Waals surface area contributed by atoms with Crippen molar-refractivity contribution in [2.45, 2.75) is 0 Å². The van der Waals surface area contributed by atoms with Crippen LogP contribution in [-0.4, -0.2) is 0 Å². The maximum absolute atomic E-state index is 6.82. The second kappa shape index (κ2) is 4.30. The van der Waals surface area contributed by atoms with Crippen LogP contribution >= 0.6 is 67.8 Å². The third-order valence-electron chi connectivity index (χ3n) is 1.10. The van der Waals surface area contributed by atoms with Gasteiger partial charge in [0.1, 0.15) is 0 Å². The topological polar surface area (TPSA) is 36.2 Å². The van der Waals surface area contributed by atoms with E-state index in [0.717, 1.165) is 12.8 Å². The number of hydrogen-bond acceptors (Lipinski definition) is 2. The summed E-state index contributed by atoms with van der Waals surface area (Å²) < 4.78 is 3.54. The molecule has 0 spiro atoms. The molecule has 0 atom stereocenters. The summed E-state index contributed by atoms with van der Waals surface area (Å²) in [6.07, 6.45) is 0. The smallest absolute Gasteiger partial charge is 0.0871 e. The molecule has 0 aliphatic carbocycles. The Balaban J connectivity index is 3.31. The lowest BCUT2D eigenvalue weighted by Crippen LogP contribution is -1.83. The van der Waals surface area contributed by atoms with Crippen LogP contribution in [0.4, 0.5) is 5.69 Å². The quantitative estimate of drug-likeness (QED) is 0.354. The average molecular weight is 484 g/mol. The summed E-state index contributed by atoms with van der Waals surface area (Å²) in [6.45, 7) is 0. The number of nitrogens with one attached hydrogen (secondary N) is 1. The lowest BCUT2D eigenvalue weighted by atomic mass is 10.3. The van der Waals surface area contributed by atoms with Gasteiger partial charge in [0, 0.05) is 10.7 Å². The first-order valence-electron chi connectivity index (χ1n) is 2.67. The van der Waals surface area contributed by atoms with Crippen LogP contribution < -0.4 is 0 Å². The molecule has 0 fully saturated rings. The minimum absolute atomic E-state index is 0.721. The highest BCUT2D eigenvalue weighted by atomic mass is 127. The SMILES string of the molecule is N=Nc1cc(I)c(I)c(I)c1. The first-order valence-corrected chi connectivity index (χ1v) is 5.91. The highest BCUT2D eigenvalue weighted by Crippen LogP contribution is 2.26. The summed E-state index contributed by atoms with van der Waals surface area (Å²) in [5.74, 6) is 0. The highest BCUT2D eigenvalue weighted by Gasteiger charge is 2.02. The number of nitrogens with zero attached hydrogens (tertiary/aromatic N) is 1. The standard InChI is InChI=1S/C6H3I3N2/c7-4-1-3(11-10)2-5(8)6(4)9/h1-2,10H. The summed E-state index contributed by atoms with van der Waals surface area (Å²) >= 11 is 6.77. The molecule has 0 bridgehead atoms. The van der Waals surface area contributed by atoms with Gasteiger partial charge in [-0.1, -0.05) is 0 Å². The molecule has 0 aromatic heterocycles. The van der Waals surface area contributed by atoms with Crippen molar-refractivity contribution in [3.8, 4) is 0 Å². The summed E-state index contributed by atoms with van der Waals surface area (Å²) in [5, 5.41) is 3.37. The largest absolute Gasteiger partial charge is 0.204 e. The second-order valence-electron chi connectivity index (χ2n) is 1.84. The van der Waals surface area contributed by atoms with Gasteiger partial charge in [-0.15, -0.1) is 0 Å². The molecule has 0 unspecified atom stereocenters. The van der Waals surface area contributed by atoms with Gasteiger partial charge in [-0.05, 0) is 79.9 Å². The van der Waals surface area contributed by atoms with E-state index in [1.54, 1.807) is 0 Å². The van der Waals surface area contributed by atoms with Gasteiger partial charge in [0.25, 0.3) is 0 Å². The van der Waals surface area contributed by atoms with E-state index < -0.39 is 0 Å². The van der Waals surface area contributed by atoms with E-state index in [1.807, 2.05) is 12.1 Å². The zero-order valence-corrected chi connectivity index (χ0v) is 11.7. The van der Waals surface area contributed by atoms with Gasteiger partial charge in [0.15, 0.2) is 0 Å². The molecular formula is C6H3I3N2. The van der Waals surface area contributed by atoms with Gasteiger partial charge in [-0.25, -0.2) is 5.53 Å². The number of rotatable bonds is 1. The molecule has 0 saturated heterocycles. The minimum Gasteiger partial charge on any atom is -0.204 e. The highest BCUT2D eigenvalue weighted by molar-refractivity contribution is 14.1. The molecule has 0 amide bonds.